The summed E-state index contributed by atoms with van der Waals surface area (Å²) in [6.45, 7) is 9.55. The first kappa shape index (κ1) is 43.5. The van der Waals surface area contributed by atoms with Gasteiger partial charge < -0.3 is 68.3 Å². The average Bonchev–Trinajstić information content (AvgIpc) is 3.03. The zero-order valence-electron chi connectivity index (χ0n) is 27.1. The van der Waals surface area contributed by atoms with Crippen LogP contribution in [0.4, 0.5) is 0 Å². The number of carboxylic acid groups (broad SMARTS) is 1. The van der Waals surface area contributed by atoms with E-state index in [9.17, 15) is 9.59 Å². The van der Waals surface area contributed by atoms with Crippen LogP contribution in [0.2, 0.25) is 0 Å². The van der Waals surface area contributed by atoms with Crippen LogP contribution in [0.1, 0.15) is 19.3 Å². The topological polar surface area (TPSA) is 194 Å². The van der Waals surface area contributed by atoms with E-state index in [1.54, 1.807) is 7.11 Å². The summed E-state index contributed by atoms with van der Waals surface area (Å²) in [5.41, 5.74) is 5.40. The van der Waals surface area contributed by atoms with Crippen LogP contribution in [0.15, 0.2) is 0 Å². The highest BCUT2D eigenvalue weighted by atomic mass is 16.6. The van der Waals surface area contributed by atoms with E-state index in [0.29, 0.717) is 151 Å². The second kappa shape index (κ2) is 36.9. The number of carboxylic acids is 1. The van der Waals surface area contributed by atoms with Crippen LogP contribution in [0.3, 0.4) is 0 Å². The summed E-state index contributed by atoms with van der Waals surface area (Å²) in [6, 6.07) is -0.938. The van der Waals surface area contributed by atoms with Crippen LogP contribution >= 0.6 is 0 Å². The van der Waals surface area contributed by atoms with Crippen molar-refractivity contribution in [3.63, 3.8) is 0 Å². The summed E-state index contributed by atoms with van der Waals surface area (Å²) in [5, 5.41) is 11.6. The molecule has 1 atom stereocenters. The summed E-state index contributed by atoms with van der Waals surface area (Å²) in [5.74, 6) is -1.55. The van der Waals surface area contributed by atoms with Crippen molar-refractivity contribution in [2.24, 2.45) is 5.73 Å². The molecular weight excluding hydrogens is 600 g/mol. The van der Waals surface area contributed by atoms with Gasteiger partial charge in [-0.25, -0.2) is 4.79 Å². The van der Waals surface area contributed by atoms with Crippen molar-refractivity contribution in [2.45, 2.75) is 25.3 Å². The molecule has 16 nitrogen and oxygen atoms in total. The van der Waals surface area contributed by atoms with E-state index >= 15 is 0 Å². The maximum atomic E-state index is 11.8. The van der Waals surface area contributed by atoms with Crippen molar-refractivity contribution in [2.75, 3.05) is 152 Å². The Kier molecular flexibility index (Phi) is 35.7. The molecule has 0 spiro atoms. The Hall–Kier alpha value is -1.54. The molecule has 1 unspecified atom stereocenters. The number of nitrogens with two attached hydrogens (primary N) is 1. The summed E-state index contributed by atoms with van der Waals surface area (Å²) in [7, 11) is 1.64. The van der Waals surface area contributed by atoms with Crippen LogP contribution in [-0.4, -0.2) is 175 Å². The monoisotopic (exact) mass is 658 g/mol. The third kappa shape index (κ3) is 35.2. The zero-order valence-corrected chi connectivity index (χ0v) is 27.1. The maximum absolute atomic E-state index is 11.8. The van der Waals surface area contributed by atoms with Gasteiger partial charge >= 0.3 is 5.97 Å². The molecule has 0 rings (SSSR count). The van der Waals surface area contributed by atoms with Gasteiger partial charge in [0.15, 0.2) is 0 Å². The van der Waals surface area contributed by atoms with E-state index in [-0.39, 0.29) is 13.2 Å². The van der Waals surface area contributed by atoms with Gasteiger partial charge in [0, 0.05) is 7.11 Å². The molecule has 0 aromatic heterocycles. The summed E-state index contributed by atoms with van der Waals surface area (Å²) in [4.78, 5) is 23.0. The van der Waals surface area contributed by atoms with E-state index in [4.69, 9.17) is 62.9 Å². The molecule has 0 saturated heterocycles. The standard InChI is InChI=1S/C29H58N2O14/c1-35-6-7-36-8-9-37-10-11-38-12-13-39-14-15-40-16-17-41-18-19-42-20-21-43-22-23-44-24-25-45-26-28(32)31-27(29(33)34)4-2-3-5-30/h27H,2-26,30H2,1H3,(H,31,32)(H,33,34). The Balaban J connectivity index is 3.22. The van der Waals surface area contributed by atoms with E-state index in [1.807, 2.05) is 0 Å². The fraction of sp³-hybridized carbons (Fsp3) is 0.931. The van der Waals surface area contributed by atoms with Gasteiger partial charge in [0.1, 0.15) is 12.6 Å². The second-order valence-corrected chi connectivity index (χ2v) is 9.30. The highest BCUT2D eigenvalue weighted by Crippen LogP contribution is 2.01. The molecule has 0 aromatic rings. The van der Waals surface area contributed by atoms with Crippen LogP contribution in [0, 0.1) is 0 Å². The SMILES string of the molecule is COCCOCCOCCOCCOCCOCCOCCOCCOCCOCCOCC(=O)NC(CCCCN)C(=O)O. The molecule has 45 heavy (non-hydrogen) atoms. The number of carbonyl (C=O) groups excluding carboxylic acids is 1. The third-order valence-corrected chi connectivity index (χ3v) is 5.59. The Morgan fingerprint density at radius 2 is 0.844 bits per heavy atom. The number of unbranched alkanes of at least 4 members (excludes halogenated alkanes) is 1. The minimum absolute atomic E-state index is 0.209. The van der Waals surface area contributed by atoms with Gasteiger partial charge in [0.2, 0.25) is 5.91 Å². The van der Waals surface area contributed by atoms with Gasteiger partial charge in [-0.2, -0.15) is 0 Å². The largest absolute Gasteiger partial charge is 0.480 e. The molecule has 0 bridgehead atoms. The number of methoxy groups -OCH3 is 1. The molecule has 0 fully saturated rings. The lowest BCUT2D eigenvalue weighted by molar-refractivity contribution is -0.142. The Morgan fingerprint density at radius 1 is 0.533 bits per heavy atom. The minimum atomic E-state index is -1.07. The van der Waals surface area contributed by atoms with Crippen LogP contribution in [-0.2, 0) is 61.7 Å². The van der Waals surface area contributed by atoms with E-state index in [2.05, 4.69) is 5.32 Å². The third-order valence-electron chi connectivity index (χ3n) is 5.59. The number of carbonyl (C=O) groups is 2. The first-order chi connectivity index (χ1) is 22.1. The van der Waals surface area contributed by atoms with Crippen LogP contribution in [0.25, 0.3) is 0 Å². The van der Waals surface area contributed by atoms with Gasteiger partial charge in [-0.15, -0.1) is 0 Å². The van der Waals surface area contributed by atoms with Gasteiger partial charge in [-0.3, -0.25) is 4.79 Å². The molecule has 0 heterocycles. The summed E-state index contributed by atoms with van der Waals surface area (Å²) in [6.07, 6.45) is 1.67. The Labute approximate surface area is 267 Å². The molecular formula is C29H58N2O14. The Morgan fingerprint density at radius 3 is 1.13 bits per heavy atom. The van der Waals surface area contributed by atoms with Gasteiger partial charge in [-0.05, 0) is 25.8 Å². The maximum Gasteiger partial charge on any atom is 0.326 e. The van der Waals surface area contributed by atoms with Crippen LogP contribution in [0.5, 0.6) is 0 Å². The van der Waals surface area contributed by atoms with E-state index < -0.39 is 17.9 Å². The number of ether oxygens (including phenoxy) is 11. The van der Waals surface area contributed by atoms with Crippen molar-refractivity contribution in [1.82, 2.24) is 5.32 Å². The predicted octanol–water partition coefficient (Wildman–Crippen LogP) is -0.503. The second-order valence-electron chi connectivity index (χ2n) is 9.30. The lowest BCUT2D eigenvalue weighted by Gasteiger charge is -2.14. The van der Waals surface area contributed by atoms with Gasteiger partial charge in [0.05, 0.1) is 132 Å². The molecule has 0 aliphatic heterocycles. The lowest BCUT2D eigenvalue weighted by Crippen LogP contribution is -2.42. The van der Waals surface area contributed by atoms with Crippen LogP contribution < -0.4 is 11.1 Å². The molecule has 4 N–H and O–H groups in total. The number of hydrogen-bond donors (Lipinski definition) is 3. The Bertz CT molecular complexity index is 636. The molecule has 268 valence electrons. The summed E-state index contributed by atoms with van der Waals surface area (Å²) < 4.78 is 58.8. The molecule has 0 radical (unpaired) electrons. The number of amides is 1. The summed E-state index contributed by atoms with van der Waals surface area (Å²) >= 11 is 0. The molecule has 0 aromatic carbocycles. The molecule has 0 aliphatic carbocycles. The lowest BCUT2D eigenvalue weighted by atomic mass is 10.1. The smallest absolute Gasteiger partial charge is 0.326 e. The molecule has 0 saturated carbocycles. The normalized spacial score (nSPS) is 12.0. The van der Waals surface area contributed by atoms with Crippen molar-refractivity contribution >= 4 is 11.9 Å². The fourth-order valence-corrected chi connectivity index (χ4v) is 3.27. The van der Waals surface area contributed by atoms with E-state index in [1.165, 1.54) is 0 Å². The minimum Gasteiger partial charge on any atom is -0.480 e. The highest BCUT2D eigenvalue weighted by Gasteiger charge is 2.19. The zero-order chi connectivity index (χ0) is 32.9. The number of nitrogens with one attached hydrogen (secondary N) is 1. The van der Waals surface area contributed by atoms with Crippen molar-refractivity contribution < 1.29 is 66.8 Å². The van der Waals surface area contributed by atoms with Gasteiger partial charge in [0.25, 0.3) is 0 Å². The number of aliphatic carboxylic acids is 1. The van der Waals surface area contributed by atoms with Crippen molar-refractivity contribution in [3.8, 4) is 0 Å². The van der Waals surface area contributed by atoms with Crippen molar-refractivity contribution in [3.05, 3.63) is 0 Å². The molecule has 1 amide bonds. The molecule has 16 heteroatoms. The van der Waals surface area contributed by atoms with Crippen molar-refractivity contribution in [1.29, 1.82) is 0 Å². The quantitative estimate of drug-likeness (QED) is 0.0718. The highest BCUT2D eigenvalue weighted by molar-refractivity contribution is 5.84. The van der Waals surface area contributed by atoms with E-state index in [0.717, 1.165) is 0 Å². The fourth-order valence-electron chi connectivity index (χ4n) is 3.27. The number of rotatable bonds is 38. The predicted molar refractivity (Wildman–Crippen MR) is 163 cm³/mol. The first-order valence-corrected chi connectivity index (χ1v) is 15.6. The average molecular weight is 659 g/mol. The van der Waals surface area contributed by atoms with Gasteiger partial charge in [-0.1, -0.05) is 0 Å². The number of hydrogen-bond acceptors (Lipinski definition) is 14. The first-order valence-electron chi connectivity index (χ1n) is 15.6. The molecule has 0 aliphatic rings.